The molecule has 0 bridgehead atoms. The first kappa shape index (κ1) is 56.2. The number of likely N-dealkylation sites (N-methyl/N-ethyl adjacent to an activating group) is 1. The number of rotatable bonds is 40. The van der Waals surface area contributed by atoms with Gasteiger partial charge in [-0.05, 0) is 77.0 Å². The number of esters is 2. The third-order valence-corrected chi connectivity index (χ3v) is 9.81. The Bertz CT molecular complexity index is 1300. The van der Waals surface area contributed by atoms with E-state index in [1.54, 1.807) is 0 Å². The number of carbonyl (C=O) groups is 3. The molecule has 1 N–H and O–H groups in total. The monoisotopic (exact) mass is 837 g/mol. The zero-order valence-electron chi connectivity index (χ0n) is 38.6. The van der Waals surface area contributed by atoms with Gasteiger partial charge in [0.1, 0.15) is 6.61 Å². The highest BCUT2D eigenvalue weighted by Gasteiger charge is 2.31. The van der Waals surface area contributed by atoms with Crippen molar-refractivity contribution in [2.75, 3.05) is 41.0 Å². The molecule has 0 heterocycles. The number of hydrogen-bond acceptors (Lipinski definition) is 6. The van der Waals surface area contributed by atoms with Crippen LogP contribution in [-0.4, -0.2) is 80.6 Å². The molecule has 8 heteroatoms. The molecule has 60 heavy (non-hydrogen) atoms. The summed E-state index contributed by atoms with van der Waals surface area (Å²) in [6, 6.07) is -0.628. The van der Waals surface area contributed by atoms with Gasteiger partial charge in [-0.1, -0.05) is 162 Å². The Morgan fingerprint density at radius 1 is 0.533 bits per heavy atom. The van der Waals surface area contributed by atoms with E-state index in [-0.39, 0.29) is 36.2 Å². The Kier molecular flexibility index (Phi) is 39.3. The number of carboxylic acid groups (broad SMARTS) is 1. The van der Waals surface area contributed by atoms with Crippen LogP contribution in [0.4, 0.5) is 0 Å². The molecule has 0 aromatic rings. The second kappa shape index (κ2) is 42.0. The Labute approximate surface area is 366 Å². The summed E-state index contributed by atoms with van der Waals surface area (Å²) in [5.41, 5.74) is 0. The highest BCUT2D eigenvalue weighted by atomic mass is 16.6. The molecule has 2 unspecified atom stereocenters. The second-order valence-electron chi connectivity index (χ2n) is 16.4. The van der Waals surface area contributed by atoms with E-state index in [0.717, 1.165) is 103 Å². The molecule has 0 aromatic carbocycles. The third kappa shape index (κ3) is 39.7. The molecular weight excluding hydrogens is 751 g/mol. The summed E-state index contributed by atoms with van der Waals surface area (Å²) < 4.78 is 17.3. The van der Waals surface area contributed by atoms with Gasteiger partial charge in [0.2, 0.25) is 0 Å². The topological polar surface area (TPSA) is 99.1 Å². The molecule has 0 aliphatic rings. The number of quaternary nitrogens is 1. The summed E-state index contributed by atoms with van der Waals surface area (Å²) in [6.45, 7) is 4.51. The zero-order valence-corrected chi connectivity index (χ0v) is 38.6. The van der Waals surface area contributed by atoms with Crippen molar-refractivity contribution in [2.45, 2.75) is 174 Å². The molecule has 0 amide bonds. The van der Waals surface area contributed by atoms with Crippen molar-refractivity contribution >= 4 is 17.9 Å². The quantitative estimate of drug-likeness (QED) is 0.0216. The first-order valence-electron chi connectivity index (χ1n) is 23.3. The van der Waals surface area contributed by atoms with Crippen LogP contribution in [0.5, 0.6) is 0 Å². The van der Waals surface area contributed by atoms with Gasteiger partial charge in [-0.25, -0.2) is 4.79 Å². The summed E-state index contributed by atoms with van der Waals surface area (Å²) >= 11 is 0. The molecule has 0 spiro atoms. The van der Waals surface area contributed by atoms with Crippen LogP contribution >= 0.6 is 0 Å². The minimum absolute atomic E-state index is 0.0389. The molecule has 0 fully saturated rings. The van der Waals surface area contributed by atoms with Crippen LogP contribution in [0.15, 0.2) is 97.2 Å². The predicted octanol–water partition coefficient (Wildman–Crippen LogP) is 13.1. The van der Waals surface area contributed by atoms with Crippen molar-refractivity contribution in [2.24, 2.45) is 0 Å². The van der Waals surface area contributed by atoms with Gasteiger partial charge in [0.15, 0.2) is 12.1 Å². The second-order valence-corrected chi connectivity index (χ2v) is 16.4. The Morgan fingerprint density at radius 2 is 1.00 bits per heavy atom. The standard InChI is InChI=1S/C52H85NO7/c1-6-8-10-12-14-16-18-20-22-23-24-25-26-27-29-31-33-35-37-39-41-43-51(55)60-48(46-58-45-44-49(52(56)57)53(3,4)5)47-59-50(54)42-40-38-36-34-32-30-28-21-19-17-15-13-11-9-7-2/h9,11,13-17,19-22,24-25,27-29,48-49H,6-8,10,12,18,23,26,30-47H2,1-5H3/p+1/b11-9+,15-13+,16-14+,19-17+,22-20+,25-24+,28-21+,29-27+. The van der Waals surface area contributed by atoms with Gasteiger partial charge in [-0.3, -0.25) is 9.59 Å². The number of nitrogens with zero attached hydrogens (tertiary/aromatic N) is 1. The number of aliphatic carboxylic acids is 1. The minimum atomic E-state index is -0.887. The van der Waals surface area contributed by atoms with Crippen molar-refractivity contribution in [1.82, 2.24) is 0 Å². The maximum Gasteiger partial charge on any atom is 0.362 e. The molecule has 2 atom stereocenters. The van der Waals surface area contributed by atoms with E-state index < -0.39 is 18.1 Å². The van der Waals surface area contributed by atoms with E-state index in [4.69, 9.17) is 14.2 Å². The molecule has 340 valence electrons. The van der Waals surface area contributed by atoms with Crippen LogP contribution in [0.2, 0.25) is 0 Å². The lowest BCUT2D eigenvalue weighted by Crippen LogP contribution is -2.50. The van der Waals surface area contributed by atoms with Crippen molar-refractivity contribution < 1.29 is 38.2 Å². The van der Waals surface area contributed by atoms with Crippen LogP contribution in [0.1, 0.15) is 162 Å². The van der Waals surface area contributed by atoms with Gasteiger partial charge in [-0.15, -0.1) is 0 Å². The van der Waals surface area contributed by atoms with E-state index in [9.17, 15) is 19.5 Å². The van der Waals surface area contributed by atoms with Gasteiger partial charge < -0.3 is 23.8 Å². The van der Waals surface area contributed by atoms with Gasteiger partial charge in [-0.2, -0.15) is 0 Å². The van der Waals surface area contributed by atoms with Crippen LogP contribution in [0.25, 0.3) is 0 Å². The molecule has 0 aliphatic carbocycles. The summed E-state index contributed by atoms with van der Waals surface area (Å²) in [7, 11) is 5.50. The average Bonchev–Trinajstić information content (AvgIpc) is 3.21. The maximum absolute atomic E-state index is 12.8. The third-order valence-electron chi connectivity index (χ3n) is 9.81. The van der Waals surface area contributed by atoms with Crippen molar-refractivity contribution in [3.8, 4) is 0 Å². The highest BCUT2D eigenvalue weighted by molar-refractivity contribution is 5.72. The minimum Gasteiger partial charge on any atom is -0.477 e. The summed E-state index contributed by atoms with van der Waals surface area (Å²) in [5, 5.41) is 9.63. The van der Waals surface area contributed by atoms with Crippen LogP contribution in [0, 0.1) is 0 Å². The van der Waals surface area contributed by atoms with Crippen LogP contribution in [0.3, 0.4) is 0 Å². The van der Waals surface area contributed by atoms with E-state index >= 15 is 0 Å². The number of hydrogen-bond donors (Lipinski definition) is 1. The average molecular weight is 837 g/mol. The number of carbonyl (C=O) groups excluding carboxylic acids is 2. The highest BCUT2D eigenvalue weighted by Crippen LogP contribution is 2.13. The van der Waals surface area contributed by atoms with E-state index in [1.807, 2.05) is 51.5 Å². The van der Waals surface area contributed by atoms with Crippen molar-refractivity contribution in [1.29, 1.82) is 0 Å². The summed E-state index contributed by atoms with van der Waals surface area (Å²) in [5.74, 6) is -1.53. The van der Waals surface area contributed by atoms with Gasteiger partial charge in [0, 0.05) is 19.3 Å². The van der Waals surface area contributed by atoms with E-state index in [0.29, 0.717) is 19.3 Å². The molecule has 0 aromatic heterocycles. The van der Waals surface area contributed by atoms with E-state index in [1.165, 1.54) is 25.7 Å². The summed E-state index contributed by atoms with van der Waals surface area (Å²) in [6.07, 6.45) is 55.9. The van der Waals surface area contributed by atoms with Crippen molar-refractivity contribution in [3.63, 3.8) is 0 Å². The van der Waals surface area contributed by atoms with Crippen molar-refractivity contribution in [3.05, 3.63) is 97.2 Å². The van der Waals surface area contributed by atoms with Crippen LogP contribution < -0.4 is 0 Å². The van der Waals surface area contributed by atoms with E-state index in [2.05, 4.69) is 80.7 Å². The molecule has 0 rings (SSSR count). The lowest BCUT2D eigenvalue weighted by atomic mass is 10.1. The Balaban J connectivity index is 4.41. The molecular formula is C52H86NO7+. The first-order valence-corrected chi connectivity index (χ1v) is 23.3. The molecule has 0 aliphatic heterocycles. The number of carboxylic acids is 1. The Hall–Kier alpha value is -3.75. The first-order chi connectivity index (χ1) is 29.1. The summed E-state index contributed by atoms with van der Waals surface area (Å²) in [4.78, 5) is 37.0. The smallest absolute Gasteiger partial charge is 0.362 e. The van der Waals surface area contributed by atoms with Gasteiger partial charge in [0.25, 0.3) is 0 Å². The SMILES string of the molecule is CC/C=C/C=C/C=C/C=C/CCCCCCCC(=O)OCC(COCCC(C(=O)O)[N+](C)(C)C)OC(=O)CCCCCCC/C=C/C/C=C/C/C=C/C/C=C/CCCCC. The van der Waals surface area contributed by atoms with Gasteiger partial charge >= 0.3 is 17.9 Å². The fourth-order valence-electron chi connectivity index (χ4n) is 6.20. The zero-order chi connectivity index (χ0) is 44.2. The number of allylic oxidation sites excluding steroid dienone is 16. The molecule has 0 saturated heterocycles. The number of unbranched alkanes of at least 4 members (excludes halogenated alkanes) is 13. The lowest BCUT2D eigenvalue weighted by molar-refractivity contribution is -0.887. The molecule has 0 radical (unpaired) electrons. The lowest BCUT2D eigenvalue weighted by Gasteiger charge is -2.31. The molecule has 0 saturated carbocycles. The normalized spacial score (nSPS) is 13.8. The largest absolute Gasteiger partial charge is 0.477 e. The van der Waals surface area contributed by atoms with Crippen LogP contribution in [-0.2, 0) is 28.6 Å². The Morgan fingerprint density at radius 3 is 1.53 bits per heavy atom. The fraction of sp³-hybridized carbons (Fsp3) is 0.635. The number of ether oxygens (including phenoxy) is 3. The fourth-order valence-corrected chi connectivity index (χ4v) is 6.20. The predicted molar refractivity (Wildman–Crippen MR) is 252 cm³/mol. The molecule has 8 nitrogen and oxygen atoms in total. The maximum atomic E-state index is 12.8. The van der Waals surface area contributed by atoms with Gasteiger partial charge in [0.05, 0.1) is 34.4 Å².